The average molecular weight is 222 g/mol. The third kappa shape index (κ3) is 3.79. The number of hydrogen-bond donors (Lipinski definition) is 0. The zero-order valence-electron chi connectivity index (χ0n) is 11.4. The van der Waals surface area contributed by atoms with E-state index in [1.54, 1.807) is 12.8 Å². The van der Waals surface area contributed by atoms with Crippen LogP contribution < -0.4 is 0 Å². The number of hydrogen-bond acceptors (Lipinski definition) is 0. The van der Waals surface area contributed by atoms with E-state index in [0.29, 0.717) is 0 Å². The maximum absolute atomic E-state index is 2.45. The molecular formula is C16H30. The van der Waals surface area contributed by atoms with E-state index in [4.69, 9.17) is 0 Å². The zero-order chi connectivity index (χ0) is 11.4. The number of rotatable bonds is 3. The van der Waals surface area contributed by atoms with Gasteiger partial charge in [-0.25, -0.2) is 0 Å². The standard InChI is InChI=1S/C16H30/c1-13-5-3-7-15(11-13)9-10-16-8-4-6-14(2)12-16/h13-16H,3-12H2,1-2H3. The van der Waals surface area contributed by atoms with Gasteiger partial charge in [-0.3, -0.25) is 0 Å². The Morgan fingerprint density at radius 1 is 0.688 bits per heavy atom. The normalized spacial score (nSPS) is 40.9. The van der Waals surface area contributed by atoms with Crippen molar-refractivity contribution in [2.45, 2.75) is 78.1 Å². The van der Waals surface area contributed by atoms with E-state index in [2.05, 4.69) is 13.8 Å². The highest BCUT2D eigenvalue weighted by Crippen LogP contribution is 2.36. The molecule has 2 fully saturated rings. The summed E-state index contributed by atoms with van der Waals surface area (Å²) in [6.07, 6.45) is 15.2. The van der Waals surface area contributed by atoms with Crippen molar-refractivity contribution in [3.8, 4) is 0 Å². The fourth-order valence-corrected chi connectivity index (χ4v) is 4.12. The van der Waals surface area contributed by atoms with Crippen molar-refractivity contribution >= 4 is 0 Å². The second-order valence-electron chi connectivity index (χ2n) is 6.85. The first kappa shape index (κ1) is 12.5. The highest BCUT2D eigenvalue weighted by Gasteiger charge is 2.22. The van der Waals surface area contributed by atoms with Gasteiger partial charge in [0, 0.05) is 0 Å². The van der Waals surface area contributed by atoms with Crippen LogP contribution in [0, 0.1) is 23.7 Å². The van der Waals surface area contributed by atoms with Crippen LogP contribution in [0.25, 0.3) is 0 Å². The summed E-state index contributed by atoms with van der Waals surface area (Å²) in [6.45, 7) is 4.91. The van der Waals surface area contributed by atoms with E-state index < -0.39 is 0 Å². The van der Waals surface area contributed by atoms with Gasteiger partial charge in [-0.2, -0.15) is 0 Å². The van der Waals surface area contributed by atoms with Crippen molar-refractivity contribution < 1.29 is 0 Å². The molecule has 4 atom stereocenters. The van der Waals surface area contributed by atoms with Gasteiger partial charge < -0.3 is 0 Å². The van der Waals surface area contributed by atoms with Crippen molar-refractivity contribution in [2.75, 3.05) is 0 Å². The van der Waals surface area contributed by atoms with E-state index in [-0.39, 0.29) is 0 Å². The van der Waals surface area contributed by atoms with Crippen LogP contribution in [-0.2, 0) is 0 Å². The summed E-state index contributed by atoms with van der Waals surface area (Å²) < 4.78 is 0. The highest BCUT2D eigenvalue weighted by molar-refractivity contribution is 4.75. The summed E-state index contributed by atoms with van der Waals surface area (Å²) in [5.74, 6) is 4.20. The molecule has 0 amide bonds. The van der Waals surface area contributed by atoms with Gasteiger partial charge in [-0.05, 0) is 36.5 Å². The summed E-state index contributed by atoms with van der Waals surface area (Å²) in [5.41, 5.74) is 0. The molecule has 0 aromatic carbocycles. The first-order valence-electron chi connectivity index (χ1n) is 7.74. The minimum absolute atomic E-state index is 1.02. The van der Waals surface area contributed by atoms with E-state index in [1.165, 1.54) is 51.4 Å². The lowest BCUT2D eigenvalue weighted by Gasteiger charge is -2.30. The Bertz CT molecular complexity index is 174. The largest absolute Gasteiger partial charge is 0.0625 e. The second kappa shape index (κ2) is 6.07. The van der Waals surface area contributed by atoms with Gasteiger partial charge in [0.25, 0.3) is 0 Å². The molecule has 0 saturated heterocycles. The Kier molecular flexibility index (Phi) is 4.73. The van der Waals surface area contributed by atoms with Gasteiger partial charge in [0.15, 0.2) is 0 Å². The quantitative estimate of drug-likeness (QED) is 0.598. The van der Waals surface area contributed by atoms with Crippen LogP contribution >= 0.6 is 0 Å². The summed E-state index contributed by atoms with van der Waals surface area (Å²) >= 11 is 0. The van der Waals surface area contributed by atoms with Gasteiger partial charge in [0.2, 0.25) is 0 Å². The Balaban J connectivity index is 1.66. The molecule has 16 heavy (non-hydrogen) atoms. The predicted molar refractivity (Wildman–Crippen MR) is 71.5 cm³/mol. The molecule has 0 radical (unpaired) electrons. The van der Waals surface area contributed by atoms with Gasteiger partial charge >= 0.3 is 0 Å². The molecular weight excluding hydrogens is 192 g/mol. The third-order valence-corrected chi connectivity index (χ3v) is 5.07. The molecule has 0 heteroatoms. The lowest BCUT2D eigenvalue weighted by atomic mass is 9.75. The first-order valence-corrected chi connectivity index (χ1v) is 7.74. The van der Waals surface area contributed by atoms with Crippen LogP contribution in [0.4, 0.5) is 0 Å². The van der Waals surface area contributed by atoms with Crippen molar-refractivity contribution in [3.05, 3.63) is 0 Å². The Morgan fingerprint density at radius 3 is 1.50 bits per heavy atom. The highest BCUT2D eigenvalue weighted by atomic mass is 14.3. The predicted octanol–water partition coefficient (Wildman–Crippen LogP) is 5.42. The minimum atomic E-state index is 1.02. The fourth-order valence-electron chi connectivity index (χ4n) is 4.12. The average Bonchev–Trinajstić information content (AvgIpc) is 2.27. The van der Waals surface area contributed by atoms with Crippen molar-refractivity contribution in [3.63, 3.8) is 0 Å². The fraction of sp³-hybridized carbons (Fsp3) is 1.00. The molecule has 0 N–H and O–H groups in total. The molecule has 2 aliphatic carbocycles. The SMILES string of the molecule is CC1CCCC(CCC2CCCC(C)C2)C1. The van der Waals surface area contributed by atoms with Crippen LogP contribution in [0.1, 0.15) is 78.1 Å². The summed E-state index contributed by atoms with van der Waals surface area (Å²) in [4.78, 5) is 0. The topological polar surface area (TPSA) is 0 Å². The van der Waals surface area contributed by atoms with Crippen molar-refractivity contribution in [2.24, 2.45) is 23.7 Å². The lowest BCUT2D eigenvalue weighted by molar-refractivity contribution is 0.218. The van der Waals surface area contributed by atoms with Gasteiger partial charge in [-0.1, -0.05) is 65.2 Å². The molecule has 0 nitrogen and oxygen atoms in total. The van der Waals surface area contributed by atoms with Crippen LogP contribution in [0.3, 0.4) is 0 Å². The smallest absolute Gasteiger partial charge is 0.0412 e. The van der Waals surface area contributed by atoms with E-state index >= 15 is 0 Å². The van der Waals surface area contributed by atoms with Crippen LogP contribution in [-0.4, -0.2) is 0 Å². The van der Waals surface area contributed by atoms with Gasteiger partial charge in [0.05, 0.1) is 0 Å². The maximum Gasteiger partial charge on any atom is -0.0412 e. The molecule has 2 aliphatic rings. The Morgan fingerprint density at radius 2 is 1.12 bits per heavy atom. The van der Waals surface area contributed by atoms with Gasteiger partial charge in [0.1, 0.15) is 0 Å². The van der Waals surface area contributed by atoms with Crippen LogP contribution in [0.2, 0.25) is 0 Å². The van der Waals surface area contributed by atoms with Crippen molar-refractivity contribution in [1.29, 1.82) is 0 Å². The molecule has 2 rings (SSSR count). The van der Waals surface area contributed by atoms with E-state index in [0.717, 1.165) is 23.7 Å². The summed E-state index contributed by atoms with van der Waals surface area (Å²) in [5, 5.41) is 0. The maximum atomic E-state index is 2.45. The summed E-state index contributed by atoms with van der Waals surface area (Å²) in [6, 6.07) is 0. The molecule has 2 saturated carbocycles. The third-order valence-electron chi connectivity index (χ3n) is 5.07. The minimum Gasteiger partial charge on any atom is -0.0625 e. The van der Waals surface area contributed by atoms with Gasteiger partial charge in [-0.15, -0.1) is 0 Å². The zero-order valence-corrected chi connectivity index (χ0v) is 11.4. The molecule has 4 unspecified atom stereocenters. The van der Waals surface area contributed by atoms with Crippen LogP contribution in [0.15, 0.2) is 0 Å². The molecule has 94 valence electrons. The molecule has 0 aromatic heterocycles. The molecule has 0 bridgehead atoms. The van der Waals surface area contributed by atoms with Crippen molar-refractivity contribution in [1.82, 2.24) is 0 Å². The monoisotopic (exact) mass is 222 g/mol. The molecule has 0 heterocycles. The molecule has 0 aromatic rings. The lowest BCUT2D eigenvalue weighted by Crippen LogP contribution is -2.17. The first-order chi connectivity index (χ1) is 7.74. The summed E-state index contributed by atoms with van der Waals surface area (Å²) in [7, 11) is 0. The Labute approximate surface area is 102 Å². The van der Waals surface area contributed by atoms with Crippen LogP contribution in [0.5, 0.6) is 0 Å². The van der Waals surface area contributed by atoms with E-state index in [1.807, 2.05) is 0 Å². The Hall–Kier alpha value is 0. The second-order valence-corrected chi connectivity index (χ2v) is 6.85. The molecule has 0 spiro atoms. The molecule has 0 aliphatic heterocycles. The van der Waals surface area contributed by atoms with E-state index in [9.17, 15) is 0 Å².